The van der Waals surface area contributed by atoms with Crippen molar-refractivity contribution >= 4 is 22.4 Å². The zero-order chi connectivity index (χ0) is 18.7. The van der Waals surface area contributed by atoms with Crippen LogP contribution < -0.4 is 5.32 Å². The summed E-state index contributed by atoms with van der Waals surface area (Å²) in [7, 11) is 0. The van der Waals surface area contributed by atoms with Crippen LogP contribution in [0.15, 0.2) is 36.5 Å². The van der Waals surface area contributed by atoms with Crippen LogP contribution in [0.4, 0.5) is 13.9 Å². The fourth-order valence-corrected chi connectivity index (χ4v) is 3.40. The van der Waals surface area contributed by atoms with Gasteiger partial charge in [-0.05, 0) is 36.2 Å². The number of hydrogen-bond donors (Lipinski definition) is 1. The Morgan fingerprint density at radius 3 is 2.92 bits per heavy atom. The lowest BCUT2D eigenvalue weighted by atomic mass is 10.1. The van der Waals surface area contributed by atoms with Crippen LogP contribution in [0.1, 0.15) is 27.3 Å². The van der Waals surface area contributed by atoms with Gasteiger partial charge in [-0.15, -0.1) is 0 Å². The van der Waals surface area contributed by atoms with Gasteiger partial charge >= 0.3 is 0 Å². The number of aryl methyl sites for hydroxylation is 1. The van der Waals surface area contributed by atoms with Crippen molar-refractivity contribution in [2.45, 2.75) is 13.6 Å². The van der Waals surface area contributed by atoms with Crippen molar-refractivity contribution in [1.82, 2.24) is 9.97 Å². The van der Waals surface area contributed by atoms with Crippen LogP contribution in [0, 0.1) is 24.1 Å². The summed E-state index contributed by atoms with van der Waals surface area (Å²) in [5.41, 5.74) is 1.28. The maximum Gasteiger partial charge on any atom is 0.260 e. The van der Waals surface area contributed by atoms with Gasteiger partial charge in [0.2, 0.25) is 0 Å². The Hall–Kier alpha value is -3.18. The van der Waals surface area contributed by atoms with Crippen molar-refractivity contribution in [1.29, 1.82) is 5.26 Å². The van der Waals surface area contributed by atoms with Gasteiger partial charge in [-0.3, -0.25) is 10.1 Å². The molecule has 130 valence electrons. The van der Waals surface area contributed by atoms with Gasteiger partial charge in [-0.25, -0.2) is 18.7 Å². The van der Waals surface area contributed by atoms with Gasteiger partial charge in [0, 0.05) is 6.20 Å². The predicted octanol–water partition coefficient (Wildman–Crippen LogP) is 4.25. The molecule has 8 heteroatoms. The quantitative estimate of drug-likeness (QED) is 0.745. The molecule has 0 aliphatic rings. The summed E-state index contributed by atoms with van der Waals surface area (Å²) in [5.74, 6) is -1.55. The van der Waals surface area contributed by atoms with Crippen molar-refractivity contribution in [2.75, 3.05) is 5.32 Å². The number of halogens is 2. The highest BCUT2D eigenvalue weighted by Gasteiger charge is 2.19. The fourth-order valence-electron chi connectivity index (χ4n) is 2.44. The second-order valence-electron chi connectivity index (χ2n) is 5.34. The monoisotopic (exact) mass is 370 g/mol. The first-order valence-electron chi connectivity index (χ1n) is 7.52. The Morgan fingerprint density at radius 1 is 1.38 bits per heavy atom. The van der Waals surface area contributed by atoms with E-state index in [0.717, 1.165) is 16.5 Å². The second kappa shape index (κ2) is 7.37. The number of pyridine rings is 1. The molecule has 0 saturated carbocycles. The highest BCUT2D eigenvalue weighted by Crippen LogP contribution is 2.33. The molecular weight excluding hydrogens is 358 g/mol. The minimum absolute atomic E-state index is 0.0243. The van der Waals surface area contributed by atoms with Gasteiger partial charge in [0.15, 0.2) is 5.13 Å². The average Bonchev–Trinajstić information content (AvgIpc) is 3.01. The second-order valence-corrected chi connectivity index (χ2v) is 6.34. The molecule has 0 unspecified atom stereocenters. The SMILES string of the molecule is Cc1nc(NC(=O)c2c(F)cccc2CF)sc1-c1ccnc(C#N)c1. The molecule has 0 spiro atoms. The molecule has 1 aromatic carbocycles. The highest BCUT2D eigenvalue weighted by molar-refractivity contribution is 7.19. The zero-order valence-electron chi connectivity index (χ0n) is 13.6. The molecule has 0 aliphatic heterocycles. The number of carbonyl (C=O) groups excluding carboxylic acids is 1. The van der Waals surface area contributed by atoms with E-state index < -0.39 is 18.4 Å². The number of nitrogens with zero attached hydrogens (tertiary/aromatic N) is 3. The van der Waals surface area contributed by atoms with E-state index in [9.17, 15) is 13.6 Å². The highest BCUT2D eigenvalue weighted by atomic mass is 32.1. The van der Waals surface area contributed by atoms with Gasteiger partial charge in [0.1, 0.15) is 24.3 Å². The molecule has 3 rings (SSSR count). The Morgan fingerprint density at radius 2 is 2.19 bits per heavy atom. The van der Waals surface area contributed by atoms with Gasteiger partial charge < -0.3 is 0 Å². The lowest BCUT2D eigenvalue weighted by molar-refractivity contribution is 0.102. The molecule has 0 saturated heterocycles. The van der Waals surface area contributed by atoms with Gasteiger partial charge in [-0.2, -0.15) is 5.26 Å². The molecule has 5 nitrogen and oxygen atoms in total. The van der Waals surface area contributed by atoms with Crippen molar-refractivity contribution in [3.8, 4) is 16.5 Å². The van der Waals surface area contributed by atoms with Crippen molar-refractivity contribution < 1.29 is 13.6 Å². The predicted molar refractivity (Wildman–Crippen MR) is 94.0 cm³/mol. The summed E-state index contributed by atoms with van der Waals surface area (Å²) in [6.45, 7) is 0.806. The van der Waals surface area contributed by atoms with Crippen molar-refractivity contribution in [3.05, 3.63) is 64.9 Å². The molecule has 1 N–H and O–H groups in total. The smallest absolute Gasteiger partial charge is 0.260 e. The van der Waals surface area contributed by atoms with Crippen molar-refractivity contribution in [2.24, 2.45) is 0 Å². The molecule has 0 bridgehead atoms. The van der Waals surface area contributed by atoms with E-state index in [1.54, 1.807) is 19.1 Å². The molecule has 0 fully saturated rings. The van der Waals surface area contributed by atoms with Crippen LogP contribution in [0.25, 0.3) is 10.4 Å². The third kappa shape index (κ3) is 3.43. The fraction of sp³-hybridized carbons (Fsp3) is 0.111. The Balaban J connectivity index is 1.91. The van der Waals surface area contributed by atoms with E-state index >= 15 is 0 Å². The number of rotatable bonds is 4. The summed E-state index contributed by atoms with van der Waals surface area (Å²) in [6, 6.07) is 9.12. The number of alkyl halides is 1. The van der Waals surface area contributed by atoms with Crippen LogP contribution in [0.3, 0.4) is 0 Å². The number of benzene rings is 1. The molecule has 26 heavy (non-hydrogen) atoms. The third-order valence-corrected chi connectivity index (χ3v) is 4.75. The first kappa shape index (κ1) is 17.6. The van der Waals surface area contributed by atoms with E-state index in [-0.39, 0.29) is 22.0 Å². The maximum atomic E-state index is 13.9. The number of amides is 1. The zero-order valence-corrected chi connectivity index (χ0v) is 14.4. The first-order chi connectivity index (χ1) is 12.5. The number of nitrogens with one attached hydrogen (secondary N) is 1. The van der Waals surface area contributed by atoms with E-state index in [1.807, 2.05) is 6.07 Å². The van der Waals surface area contributed by atoms with E-state index in [2.05, 4.69) is 15.3 Å². The molecule has 2 aromatic heterocycles. The van der Waals surface area contributed by atoms with E-state index in [4.69, 9.17) is 5.26 Å². The normalized spacial score (nSPS) is 10.4. The standard InChI is InChI=1S/C18H12F2N4OS/c1-10-16(11-5-6-22-13(7-11)9-21)26-18(23-10)24-17(25)15-12(8-19)3-2-4-14(15)20/h2-7H,8H2,1H3,(H,23,24,25). The van der Waals surface area contributed by atoms with E-state index in [1.165, 1.54) is 29.7 Å². The average molecular weight is 370 g/mol. The molecular formula is C18H12F2N4OS. The molecule has 1 amide bonds. The number of nitriles is 1. The summed E-state index contributed by atoms with van der Waals surface area (Å²) in [6.07, 6.45) is 1.51. The van der Waals surface area contributed by atoms with Crippen LogP contribution in [0.2, 0.25) is 0 Å². The number of carbonyl (C=O) groups is 1. The summed E-state index contributed by atoms with van der Waals surface area (Å²) >= 11 is 1.18. The molecule has 0 aliphatic carbocycles. The van der Waals surface area contributed by atoms with Gasteiger partial charge in [-0.1, -0.05) is 23.5 Å². The minimum atomic E-state index is -0.948. The Bertz CT molecular complexity index is 1030. The lowest BCUT2D eigenvalue weighted by Gasteiger charge is -2.07. The van der Waals surface area contributed by atoms with Crippen LogP contribution >= 0.6 is 11.3 Å². The first-order valence-corrected chi connectivity index (χ1v) is 8.33. The molecule has 0 atom stereocenters. The van der Waals surface area contributed by atoms with Crippen LogP contribution in [-0.4, -0.2) is 15.9 Å². The summed E-state index contributed by atoms with van der Waals surface area (Å²) in [4.78, 5) is 21.3. The Labute approximate surface area is 152 Å². The van der Waals surface area contributed by atoms with Gasteiger partial charge in [0.25, 0.3) is 5.91 Å². The minimum Gasteiger partial charge on any atom is -0.298 e. The maximum absolute atomic E-state index is 13.9. The molecule has 2 heterocycles. The van der Waals surface area contributed by atoms with Crippen LogP contribution in [-0.2, 0) is 6.67 Å². The third-order valence-electron chi connectivity index (χ3n) is 3.62. The topological polar surface area (TPSA) is 78.7 Å². The largest absolute Gasteiger partial charge is 0.298 e. The lowest BCUT2D eigenvalue weighted by Crippen LogP contribution is -2.16. The van der Waals surface area contributed by atoms with Crippen LogP contribution in [0.5, 0.6) is 0 Å². The van der Waals surface area contributed by atoms with Crippen molar-refractivity contribution in [3.63, 3.8) is 0 Å². The molecule has 3 aromatic rings. The van der Waals surface area contributed by atoms with E-state index in [0.29, 0.717) is 5.69 Å². The summed E-state index contributed by atoms with van der Waals surface area (Å²) in [5, 5.41) is 11.7. The van der Waals surface area contributed by atoms with Gasteiger partial charge in [0.05, 0.1) is 16.1 Å². The number of anilines is 1. The Kier molecular flexibility index (Phi) is 5.00. The number of thiazole rings is 1. The molecule has 0 radical (unpaired) electrons. The summed E-state index contributed by atoms with van der Waals surface area (Å²) < 4.78 is 27.0. The number of aromatic nitrogens is 2. The number of hydrogen-bond acceptors (Lipinski definition) is 5.